The van der Waals surface area contributed by atoms with Crippen LogP contribution in [0.5, 0.6) is 0 Å². The van der Waals surface area contributed by atoms with E-state index >= 15 is 0 Å². The number of carbonyl (C=O) groups is 1. The Balaban J connectivity index is 1.02. The Morgan fingerprint density at radius 2 is 1.32 bits per heavy atom. The molecule has 18 nitrogen and oxygen atoms in total. The Morgan fingerprint density at radius 1 is 0.692 bits per heavy atom. The van der Waals surface area contributed by atoms with Crippen LogP contribution in [-0.2, 0) is 33.2 Å². The number of allylic oxidation sites excluding steroid dienone is 2. The largest absolute Gasteiger partial charge is 0.432 e. The lowest BCUT2D eigenvalue weighted by molar-refractivity contribution is -0.328. The average Bonchev–Trinajstić information content (AvgIpc) is 3.26. The molecule has 372 valence electrons. The molecule has 23 atom stereocenters. The maximum atomic E-state index is 14.9. The summed E-state index contributed by atoms with van der Waals surface area (Å²) in [4.78, 5) is 14.9. The minimum absolute atomic E-state index is 0.0557. The van der Waals surface area contributed by atoms with E-state index in [0.29, 0.717) is 25.7 Å². The highest BCUT2D eigenvalue weighted by molar-refractivity contribution is 5.79. The first kappa shape index (κ1) is 50.0. The van der Waals surface area contributed by atoms with E-state index in [9.17, 15) is 61.0 Å². The van der Waals surface area contributed by atoms with Crippen molar-refractivity contribution in [3.05, 3.63) is 11.6 Å². The molecule has 3 saturated heterocycles. The lowest BCUT2D eigenvalue weighted by Gasteiger charge is -2.71. The van der Waals surface area contributed by atoms with Crippen molar-refractivity contribution in [3.8, 4) is 0 Å². The summed E-state index contributed by atoms with van der Waals surface area (Å²) in [5, 5.41) is 116. The van der Waals surface area contributed by atoms with Gasteiger partial charge < -0.3 is 84.6 Å². The third-order valence-corrected chi connectivity index (χ3v) is 19.0. The van der Waals surface area contributed by atoms with Gasteiger partial charge in [0.05, 0.1) is 37.9 Å². The van der Waals surface area contributed by atoms with Gasteiger partial charge in [0.15, 0.2) is 12.6 Å². The van der Waals surface area contributed by atoms with Crippen LogP contribution in [0.2, 0.25) is 0 Å². The number of esters is 1. The third-order valence-electron chi connectivity index (χ3n) is 19.0. The summed E-state index contributed by atoms with van der Waals surface area (Å²) >= 11 is 0. The fraction of sp³-hybridized carbons (Fsp3) is 0.936. The van der Waals surface area contributed by atoms with Crippen molar-refractivity contribution in [2.24, 2.45) is 50.2 Å². The number of rotatable bonds is 9. The molecular formula is C47H76O18. The predicted molar refractivity (Wildman–Crippen MR) is 226 cm³/mol. The molecule has 8 aliphatic rings. The summed E-state index contributed by atoms with van der Waals surface area (Å²) < 4.78 is 35.2. The second-order valence-corrected chi connectivity index (χ2v) is 22.9. The minimum Gasteiger partial charge on any atom is -0.432 e. The molecule has 4 saturated carbocycles. The second kappa shape index (κ2) is 17.8. The fourth-order valence-electron chi connectivity index (χ4n) is 14.7. The first-order chi connectivity index (χ1) is 30.4. The summed E-state index contributed by atoms with van der Waals surface area (Å²) in [6.45, 7) is 12.1. The van der Waals surface area contributed by atoms with Crippen LogP contribution < -0.4 is 0 Å². The molecular weight excluding hydrogens is 852 g/mol. The molecule has 65 heavy (non-hydrogen) atoms. The van der Waals surface area contributed by atoms with Crippen molar-refractivity contribution in [3.63, 3.8) is 0 Å². The van der Waals surface area contributed by atoms with Gasteiger partial charge in [-0.2, -0.15) is 0 Å². The highest BCUT2D eigenvalue weighted by atomic mass is 16.7. The van der Waals surface area contributed by atoms with Crippen molar-refractivity contribution in [1.29, 1.82) is 0 Å². The molecule has 0 aromatic rings. The lowest BCUT2D eigenvalue weighted by atomic mass is 9.33. The molecule has 0 aromatic heterocycles. The molecule has 11 N–H and O–H groups in total. The van der Waals surface area contributed by atoms with Crippen LogP contribution in [0.1, 0.15) is 106 Å². The molecule has 0 spiro atoms. The second-order valence-electron chi connectivity index (χ2n) is 22.9. The van der Waals surface area contributed by atoms with Gasteiger partial charge in [-0.15, -0.1) is 0 Å². The standard InChI is InChI=1S/C47H76O18/c1-42(2)13-15-47(41(59)65-40-37(58)34(55)32(53)26(63-40)20-61-38-36(57)33(54)31(52)25(18-48)62-38)16-14-45(5)22(23(47)17-42)7-8-28-43(3)11-10-29(64-39-35(56)30(51)24(50)19-60-39)44(4,21-49)27(43)9-12-46(28,45)6/h7,23-40,48-58H,8-21H2,1-6H3/t23-,24+,25-,26-,27-,28-,29+,30+,31-,32-,33+,34+,35-,36-,37-,38-,39+,40+,43-,44+,45-,46+,47+/m1/s1. The number of ether oxygens (including phenoxy) is 6. The van der Waals surface area contributed by atoms with Crippen molar-refractivity contribution in [2.45, 2.75) is 198 Å². The minimum atomic E-state index is -1.81. The molecule has 3 heterocycles. The number of hydrogen-bond acceptors (Lipinski definition) is 18. The molecule has 0 bridgehead atoms. The van der Waals surface area contributed by atoms with E-state index in [1.807, 2.05) is 0 Å². The first-order valence-electron chi connectivity index (χ1n) is 23.9. The quantitative estimate of drug-likeness (QED) is 0.0808. The average molecular weight is 929 g/mol. The Kier molecular flexibility index (Phi) is 13.7. The molecule has 18 heteroatoms. The van der Waals surface area contributed by atoms with Crippen molar-refractivity contribution < 1.29 is 89.4 Å². The number of aliphatic hydroxyl groups is 11. The van der Waals surface area contributed by atoms with Crippen molar-refractivity contribution in [2.75, 3.05) is 26.4 Å². The fourth-order valence-corrected chi connectivity index (χ4v) is 14.7. The molecule has 0 amide bonds. The van der Waals surface area contributed by atoms with Crippen LogP contribution in [-0.4, -0.2) is 181 Å². The molecule has 8 rings (SSSR count). The number of fused-ring (bicyclic) bond motifs is 7. The van der Waals surface area contributed by atoms with Gasteiger partial charge in [0.2, 0.25) is 6.29 Å². The maximum Gasteiger partial charge on any atom is 0.315 e. The van der Waals surface area contributed by atoms with Crippen molar-refractivity contribution >= 4 is 5.97 Å². The van der Waals surface area contributed by atoms with Crippen LogP contribution in [0, 0.1) is 50.2 Å². The Hall–Kier alpha value is -1.43. The predicted octanol–water partition coefficient (Wildman–Crippen LogP) is -0.248. The maximum absolute atomic E-state index is 14.9. The van der Waals surface area contributed by atoms with Crippen LogP contribution in [0.3, 0.4) is 0 Å². The molecule has 3 aliphatic heterocycles. The van der Waals surface area contributed by atoms with Crippen LogP contribution in [0.25, 0.3) is 0 Å². The highest BCUT2D eigenvalue weighted by Gasteiger charge is 2.70. The molecule has 5 aliphatic carbocycles. The van der Waals surface area contributed by atoms with E-state index in [1.165, 1.54) is 5.57 Å². The molecule has 7 fully saturated rings. The van der Waals surface area contributed by atoms with Gasteiger partial charge in [0, 0.05) is 5.41 Å². The zero-order chi connectivity index (χ0) is 47.4. The summed E-state index contributed by atoms with van der Waals surface area (Å²) in [7, 11) is 0. The molecule has 0 unspecified atom stereocenters. The van der Waals surface area contributed by atoms with Gasteiger partial charge in [0.1, 0.15) is 67.1 Å². The van der Waals surface area contributed by atoms with E-state index in [-0.39, 0.29) is 52.6 Å². The van der Waals surface area contributed by atoms with Gasteiger partial charge >= 0.3 is 5.97 Å². The number of hydrogen-bond donors (Lipinski definition) is 11. The molecule has 0 radical (unpaired) electrons. The van der Waals surface area contributed by atoms with Gasteiger partial charge in [-0.25, -0.2) is 0 Å². The van der Waals surface area contributed by atoms with E-state index in [1.54, 1.807) is 0 Å². The summed E-state index contributed by atoms with van der Waals surface area (Å²) in [5.41, 5.74) is -1.23. The zero-order valence-electron chi connectivity index (χ0n) is 38.6. The van der Waals surface area contributed by atoms with E-state index in [0.717, 1.165) is 38.5 Å². The Morgan fingerprint density at radius 3 is 2.00 bits per heavy atom. The van der Waals surface area contributed by atoms with E-state index in [2.05, 4.69) is 47.6 Å². The lowest BCUT2D eigenvalue weighted by Crippen LogP contribution is -2.67. The summed E-state index contributed by atoms with van der Waals surface area (Å²) in [6, 6.07) is 0. The topological polar surface area (TPSA) is 295 Å². The summed E-state index contributed by atoms with van der Waals surface area (Å²) in [5.74, 6) is -0.485. The van der Waals surface area contributed by atoms with Crippen molar-refractivity contribution in [1.82, 2.24) is 0 Å². The van der Waals surface area contributed by atoms with Gasteiger partial charge in [-0.3, -0.25) is 4.79 Å². The molecule has 0 aromatic carbocycles. The monoisotopic (exact) mass is 929 g/mol. The highest BCUT2D eigenvalue weighted by Crippen LogP contribution is 2.76. The Labute approximate surface area is 380 Å². The third kappa shape index (κ3) is 7.89. The van der Waals surface area contributed by atoms with E-state index in [4.69, 9.17) is 28.4 Å². The van der Waals surface area contributed by atoms with Crippen LogP contribution >= 0.6 is 0 Å². The zero-order valence-corrected chi connectivity index (χ0v) is 38.6. The SMILES string of the molecule is CC1(C)CC[C@]2(C(=O)O[C@@H]3O[C@H](CO[C@@H]4O[C@H](CO)[C@@H](O)[C@H](O)[C@H]4O)[C@@H](O)[C@H](O)[C@H]3O)CC[C@]3(C)C(=CC[C@@H]4[C@]5(C)CC[C@H](O[C@@H]6OC[C@H](O)[C@H](O)[C@H]6O)[C@@](C)(CO)[C@@H]5CC[C@@]43C)[C@H]2C1. The van der Waals surface area contributed by atoms with E-state index < -0.39 is 122 Å². The van der Waals surface area contributed by atoms with Gasteiger partial charge in [-0.05, 0) is 104 Å². The number of aliphatic hydroxyl groups excluding tert-OH is 11. The van der Waals surface area contributed by atoms with Crippen LogP contribution in [0.15, 0.2) is 11.6 Å². The van der Waals surface area contributed by atoms with Gasteiger partial charge in [0.25, 0.3) is 0 Å². The first-order valence-corrected chi connectivity index (χ1v) is 23.9. The van der Waals surface area contributed by atoms with Gasteiger partial charge in [-0.1, -0.05) is 53.2 Å². The number of carbonyl (C=O) groups excluding carboxylic acids is 1. The normalized spacial score (nSPS) is 54.3. The Bertz CT molecular complexity index is 1760. The smallest absolute Gasteiger partial charge is 0.315 e. The van der Waals surface area contributed by atoms with Crippen LogP contribution in [0.4, 0.5) is 0 Å². The summed E-state index contributed by atoms with van der Waals surface area (Å²) in [6.07, 6.45) is -12.5.